The van der Waals surface area contributed by atoms with Gasteiger partial charge >= 0.3 is 0 Å². The minimum absolute atomic E-state index is 0.0630. The molecule has 0 radical (unpaired) electrons. The fourth-order valence-electron chi connectivity index (χ4n) is 3.29. The van der Waals surface area contributed by atoms with Gasteiger partial charge in [0.25, 0.3) is 5.91 Å². The minimum atomic E-state index is -0.0630. The van der Waals surface area contributed by atoms with E-state index in [9.17, 15) is 4.79 Å². The summed E-state index contributed by atoms with van der Waals surface area (Å²) in [6.45, 7) is 3.95. The van der Waals surface area contributed by atoms with Gasteiger partial charge in [-0.25, -0.2) is 0 Å². The molecule has 1 aromatic heterocycles. The van der Waals surface area contributed by atoms with Gasteiger partial charge in [0, 0.05) is 23.5 Å². The summed E-state index contributed by atoms with van der Waals surface area (Å²) in [4.78, 5) is 16.3. The van der Waals surface area contributed by atoms with Crippen molar-refractivity contribution in [2.24, 2.45) is 5.92 Å². The van der Waals surface area contributed by atoms with E-state index in [0.717, 1.165) is 39.0 Å². The Morgan fingerprint density at radius 3 is 2.62 bits per heavy atom. The molecule has 1 aliphatic rings. The molecule has 0 spiro atoms. The topological polar surface area (TPSA) is 50.8 Å². The zero-order valence-corrected chi connectivity index (χ0v) is 16.2. The van der Waals surface area contributed by atoms with Crippen LogP contribution in [0.1, 0.15) is 28.1 Å². The van der Waals surface area contributed by atoms with E-state index >= 15 is 0 Å². The third-order valence-corrected chi connectivity index (χ3v) is 5.72. The van der Waals surface area contributed by atoms with Gasteiger partial charge in [-0.05, 0) is 61.5 Å². The summed E-state index contributed by atoms with van der Waals surface area (Å²) in [7, 11) is 3.16. The average Bonchev–Trinajstić information content (AvgIpc) is 3.19. The van der Waals surface area contributed by atoms with Gasteiger partial charge in [0.2, 0.25) is 0 Å². The van der Waals surface area contributed by atoms with Gasteiger partial charge < -0.3 is 14.8 Å². The lowest BCUT2D eigenvalue weighted by atomic mass is 9.96. The molecular formula is C20H26N2O3S. The van der Waals surface area contributed by atoms with Crippen LogP contribution in [-0.4, -0.2) is 44.7 Å². The first kappa shape index (κ1) is 18.7. The summed E-state index contributed by atoms with van der Waals surface area (Å²) in [5.41, 5.74) is 0.595. The summed E-state index contributed by atoms with van der Waals surface area (Å²) >= 11 is 1.82. The zero-order chi connectivity index (χ0) is 18.4. The number of rotatable bonds is 7. The lowest BCUT2D eigenvalue weighted by molar-refractivity contribution is 0.0935. The second-order valence-electron chi connectivity index (χ2n) is 6.58. The number of methoxy groups -OCH3 is 2. The number of piperidine rings is 1. The first-order chi connectivity index (χ1) is 12.7. The fraction of sp³-hybridized carbons (Fsp3) is 0.450. The van der Waals surface area contributed by atoms with E-state index in [1.807, 2.05) is 11.3 Å². The monoisotopic (exact) mass is 374 g/mol. The molecule has 0 bridgehead atoms. The molecule has 2 aromatic rings. The summed E-state index contributed by atoms with van der Waals surface area (Å²) in [5.74, 6) is 1.68. The molecular weight excluding hydrogens is 348 g/mol. The molecule has 1 aliphatic heterocycles. The van der Waals surface area contributed by atoms with Gasteiger partial charge in [-0.2, -0.15) is 0 Å². The Kier molecular flexibility index (Phi) is 6.52. The lowest BCUT2D eigenvalue weighted by Crippen LogP contribution is -2.38. The Balaban J connectivity index is 1.45. The van der Waals surface area contributed by atoms with Crippen molar-refractivity contribution in [3.8, 4) is 11.5 Å². The second kappa shape index (κ2) is 9.05. The van der Waals surface area contributed by atoms with Crippen molar-refractivity contribution in [1.82, 2.24) is 10.2 Å². The van der Waals surface area contributed by atoms with Gasteiger partial charge in [-0.15, -0.1) is 11.3 Å². The Morgan fingerprint density at radius 2 is 1.96 bits per heavy atom. The van der Waals surface area contributed by atoms with E-state index in [0.29, 0.717) is 23.0 Å². The number of carbonyl (C=O) groups excluding carboxylic acids is 1. The standard InChI is InChI=1S/C20H26N2O3S/c1-24-18-6-5-16(12-19(18)25-2)20(23)21-13-15-7-9-22(10-8-15)14-17-4-3-11-26-17/h3-6,11-12,15H,7-10,13-14H2,1-2H3,(H,21,23). The molecule has 1 N–H and O–H groups in total. The molecule has 26 heavy (non-hydrogen) atoms. The number of benzene rings is 1. The summed E-state index contributed by atoms with van der Waals surface area (Å²) in [6.07, 6.45) is 2.25. The molecule has 0 unspecified atom stereocenters. The third-order valence-electron chi connectivity index (χ3n) is 4.86. The Morgan fingerprint density at radius 1 is 1.19 bits per heavy atom. The minimum Gasteiger partial charge on any atom is -0.493 e. The van der Waals surface area contributed by atoms with E-state index < -0.39 is 0 Å². The number of nitrogens with zero attached hydrogens (tertiary/aromatic N) is 1. The molecule has 6 heteroatoms. The molecule has 5 nitrogen and oxygen atoms in total. The summed E-state index contributed by atoms with van der Waals surface area (Å²) < 4.78 is 10.5. The average molecular weight is 375 g/mol. The number of thiophene rings is 1. The predicted molar refractivity (Wildman–Crippen MR) is 104 cm³/mol. The summed E-state index contributed by atoms with van der Waals surface area (Å²) in [6, 6.07) is 9.55. The van der Waals surface area contributed by atoms with Gasteiger partial charge in [0.1, 0.15) is 0 Å². The van der Waals surface area contributed by atoms with Crippen molar-refractivity contribution < 1.29 is 14.3 Å². The molecule has 0 saturated carbocycles. The molecule has 0 atom stereocenters. The first-order valence-corrected chi connectivity index (χ1v) is 9.82. The van der Waals surface area contributed by atoms with Gasteiger partial charge in [0.05, 0.1) is 14.2 Å². The van der Waals surface area contributed by atoms with Crippen molar-refractivity contribution in [2.45, 2.75) is 19.4 Å². The number of amides is 1. The van der Waals surface area contributed by atoms with E-state index in [4.69, 9.17) is 9.47 Å². The third kappa shape index (κ3) is 4.77. The van der Waals surface area contributed by atoms with Crippen LogP contribution < -0.4 is 14.8 Å². The van der Waals surface area contributed by atoms with E-state index in [1.54, 1.807) is 32.4 Å². The maximum Gasteiger partial charge on any atom is 0.251 e. The zero-order valence-electron chi connectivity index (χ0n) is 15.4. The van der Waals surface area contributed by atoms with Crippen molar-refractivity contribution in [1.29, 1.82) is 0 Å². The van der Waals surface area contributed by atoms with E-state index in [1.165, 1.54) is 4.88 Å². The number of likely N-dealkylation sites (tertiary alicyclic amines) is 1. The maximum absolute atomic E-state index is 12.4. The van der Waals surface area contributed by atoms with Crippen LogP contribution in [0.2, 0.25) is 0 Å². The van der Waals surface area contributed by atoms with Crippen molar-refractivity contribution in [3.63, 3.8) is 0 Å². The highest BCUT2D eigenvalue weighted by molar-refractivity contribution is 7.09. The van der Waals surface area contributed by atoms with Crippen LogP contribution in [0.5, 0.6) is 11.5 Å². The highest BCUT2D eigenvalue weighted by atomic mass is 32.1. The maximum atomic E-state index is 12.4. The summed E-state index contributed by atoms with van der Waals surface area (Å²) in [5, 5.41) is 5.20. The van der Waals surface area contributed by atoms with Gasteiger partial charge in [-0.3, -0.25) is 9.69 Å². The number of ether oxygens (including phenoxy) is 2. The number of hydrogen-bond donors (Lipinski definition) is 1. The number of nitrogens with one attached hydrogen (secondary N) is 1. The van der Waals surface area contributed by atoms with Crippen molar-refractivity contribution >= 4 is 17.2 Å². The van der Waals surface area contributed by atoms with Crippen LogP contribution in [0.25, 0.3) is 0 Å². The van der Waals surface area contributed by atoms with Crippen LogP contribution in [0.4, 0.5) is 0 Å². The Labute approximate surface area is 158 Å². The van der Waals surface area contributed by atoms with Crippen LogP contribution in [0.15, 0.2) is 35.7 Å². The molecule has 1 amide bonds. The normalized spacial score (nSPS) is 15.6. The van der Waals surface area contributed by atoms with Crippen LogP contribution in [0, 0.1) is 5.92 Å². The molecule has 140 valence electrons. The van der Waals surface area contributed by atoms with Crippen molar-refractivity contribution in [3.05, 3.63) is 46.2 Å². The van der Waals surface area contributed by atoms with Crippen LogP contribution in [-0.2, 0) is 6.54 Å². The SMILES string of the molecule is COc1ccc(C(=O)NCC2CCN(Cc3cccs3)CC2)cc1OC. The predicted octanol–water partition coefficient (Wildman–Crippen LogP) is 3.41. The molecule has 0 aliphatic carbocycles. The molecule has 3 rings (SSSR count). The molecule has 1 fully saturated rings. The number of hydrogen-bond acceptors (Lipinski definition) is 5. The largest absolute Gasteiger partial charge is 0.493 e. The quantitative estimate of drug-likeness (QED) is 0.807. The molecule has 1 aromatic carbocycles. The van der Waals surface area contributed by atoms with E-state index in [-0.39, 0.29) is 5.91 Å². The van der Waals surface area contributed by atoms with Crippen molar-refractivity contribution in [2.75, 3.05) is 33.9 Å². The van der Waals surface area contributed by atoms with Crippen LogP contribution in [0.3, 0.4) is 0 Å². The molecule has 2 heterocycles. The van der Waals surface area contributed by atoms with E-state index in [2.05, 4.69) is 27.7 Å². The van der Waals surface area contributed by atoms with Gasteiger partial charge in [-0.1, -0.05) is 6.07 Å². The molecule has 1 saturated heterocycles. The number of carbonyl (C=O) groups is 1. The first-order valence-electron chi connectivity index (χ1n) is 8.94. The highest BCUT2D eigenvalue weighted by Crippen LogP contribution is 2.27. The van der Waals surface area contributed by atoms with Gasteiger partial charge in [0.15, 0.2) is 11.5 Å². The highest BCUT2D eigenvalue weighted by Gasteiger charge is 2.20. The lowest BCUT2D eigenvalue weighted by Gasteiger charge is -2.31. The Hall–Kier alpha value is -2.05. The van der Waals surface area contributed by atoms with Crippen LogP contribution >= 0.6 is 11.3 Å². The fourth-order valence-corrected chi connectivity index (χ4v) is 4.03. The smallest absolute Gasteiger partial charge is 0.251 e. The second-order valence-corrected chi connectivity index (χ2v) is 7.61. The Bertz CT molecular complexity index is 710.